The maximum absolute atomic E-state index is 12.0. The van der Waals surface area contributed by atoms with Gasteiger partial charge in [0.1, 0.15) is 5.69 Å². The average molecular weight is 412 g/mol. The Hall–Kier alpha value is -3.46. The normalized spacial score (nSPS) is 15.0. The van der Waals surface area contributed by atoms with Crippen LogP contribution in [0.2, 0.25) is 0 Å². The minimum atomic E-state index is -0.415. The van der Waals surface area contributed by atoms with Crippen LogP contribution in [0, 0.1) is 10.1 Å². The van der Waals surface area contributed by atoms with E-state index in [4.69, 9.17) is 9.57 Å². The predicted molar refractivity (Wildman–Crippen MR) is 113 cm³/mol. The Morgan fingerprint density at radius 1 is 1.30 bits per heavy atom. The Balaban J connectivity index is 1.54. The van der Waals surface area contributed by atoms with Crippen molar-refractivity contribution in [1.29, 1.82) is 0 Å². The Morgan fingerprint density at radius 3 is 2.73 bits per heavy atom. The third kappa shape index (κ3) is 5.77. The number of nitro benzene ring substituents is 1. The average Bonchev–Trinajstić information content (AvgIpc) is 2.77. The fourth-order valence-corrected chi connectivity index (χ4v) is 3.14. The van der Waals surface area contributed by atoms with Crippen LogP contribution in [0.5, 0.6) is 0 Å². The first-order valence-corrected chi connectivity index (χ1v) is 9.65. The third-order valence-corrected chi connectivity index (χ3v) is 4.70. The SMILES string of the molecule is C[C@@H](NC(=O)CO/N=C\c1ccc(N2CCOCC2)c([N+](=O)[O-])c1)c1ccccc1. The van der Waals surface area contributed by atoms with E-state index >= 15 is 0 Å². The van der Waals surface area contributed by atoms with Crippen molar-refractivity contribution in [3.8, 4) is 0 Å². The van der Waals surface area contributed by atoms with Crippen molar-refractivity contribution in [2.75, 3.05) is 37.8 Å². The molecule has 0 radical (unpaired) electrons. The highest BCUT2D eigenvalue weighted by atomic mass is 16.6. The predicted octanol–water partition coefficient (Wildman–Crippen LogP) is 2.66. The summed E-state index contributed by atoms with van der Waals surface area (Å²) in [6.45, 7) is 3.92. The molecule has 0 bridgehead atoms. The summed E-state index contributed by atoms with van der Waals surface area (Å²) >= 11 is 0. The van der Waals surface area contributed by atoms with E-state index in [-0.39, 0.29) is 24.2 Å². The molecule has 30 heavy (non-hydrogen) atoms. The third-order valence-electron chi connectivity index (χ3n) is 4.70. The van der Waals surface area contributed by atoms with Crippen LogP contribution in [0.25, 0.3) is 0 Å². The van der Waals surface area contributed by atoms with Crippen LogP contribution in [0.1, 0.15) is 24.1 Å². The molecule has 2 aromatic rings. The van der Waals surface area contributed by atoms with Crippen molar-refractivity contribution in [3.05, 3.63) is 69.8 Å². The number of carbonyl (C=O) groups excluding carboxylic acids is 1. The summed E-state index contributed by atoms with van der Waals surface area (Å²) in [5, 5.41) is 18.1. The van der Waals surface area contributed by atoms with Gasteiger partial charge in [0.05, 0.1) is 30.4 Å². The fourth-order valence-electron chi connectivity index (χ4n) is 3.14. The van der Waals surface area contributed by atoms with Gasteiger partial charge in [-0.2, -0.15) is 0 Å². The lowest BCUT2D eigenvalue weighted by atomic mass is 10.1. The molecule has 1 aliphatic heterocycles. The lowest BCUT2D eigenvalue weighted by molar-refractivity contribution is -0.384. The number of morpholine rings is 1. The Morgan fingerprint density at radius 2 is 2.03 bits per heavy atom. The van der Waals surface area contributed by atoms with Gasteiger partial charge in [-0.25, -0.2) is 0 Å². The molecule has 1 saturated heterocycles. The molecule has 0 aromatic heterocycles. The Labute approximate surface area is 174 Å². The first-order valence-electron chi connectivity index (χ1n) is 9.65. The topological polar surface area (TPSA) is 106 Å². The number of carbonyl (C=O) groups is 1. The van der Waals surface area contributed by atoms with Crippen LogP contribution in [0.4, 0.5) is 11.4 Å². The molecule has 0 saturated carbocycles. The van der Waals surface area contributed by atoms with Gasteiger partial charge in [-0.3, -0.25) is 14.9 Å². The summed E-state index contributed by atoms with van der Waals surface area (Å²) in [7, 11) is 0. The summed E-state index contributed by atoms with van der Waals surface area (Å²) < 4.78 is 5.30. The smallest absolute Gasteiger partial charge is 0.293 e. The van der Waals surface area contributed by atoms with Gasteiger partial charge in [0.15, 0.2) is 6.61 Å². The number of hydrogen-bond acceptors (Lipinski definition) is 7. The summed E-state index contributed by atoms with van der Waals surface area (Å²) in [5.74, 6) is -0.308. The summed E-state index contributed by atoms with van der Waals surface area (Å²) in [6, 6.07) is 14.3. The largest absolute Gasteiger partial charge is 0.386 e. The van der Waals surface area contributed by atoms with Crippen molar-refractivity contribution >= 4 is 23.5 Å². The standard InChI is InChI=1S/C21H24N4O5/c1-16(18-5-3-2-4-6-18)23-21(26)15-30-22-14-17-7-8-19(20(13-17)25(27)28)24-9-11-29-12-10-24/h2-8,13-14,16H,9-12,15H2,1H3,(H,23,26)/b22-14-/t16-/m1/s1. The lowest BCUT2D eigenvalue weighted by Crippen LogP contribution is -2.36. The highest BCUT2D eigenvalue weighted by Crippen LogP contribution is 2.29. The van der Waals surface area contributed by atoms with E-state index in [0.717, 1.165) is 5.56 Å². The Kier molecular flexibility index (Phi) is 7.34. The van der Waals surface area contributed by atoms with E-state index in [2.05, 4.69) is 10.5 Å². The number of nitrogens with zero attached hydrogens (tertiary/aromatic N) is 3. The molecule has 0 aliphatic carbocycles. The molecule has 0 spiro atoms. The zero-order chi connectivity index (χ0) is 21.3. The molecule has 2 aromatic carbocycles. The van der Waals surface area contributed by atoms with Gasteiger partial charge in [-0.15, -0.1) is 0 Å². The number of anilines is 1. The maximum atomic E-state index is 12.0. The second-order valence-corrected chi connectivity index (χ2v) is 6.81. The molecule has 1 fully saturated rings. The van der Waals surface area contributed by atoms with E-state index in [9.17, 15) is 14.9 Å². The lowest BCUT2D eigenvalue weighted by Gasteiger charge is -2.28. The number of rotatable bonds is 8. The molecule has 1 atom stereocenters. The first-order chi connectivity index (χ1) is 14.5. The van der Waals surface area contributed by atoms with Crippen molar-refractivity contribution in [2.45, 2.75) is 13.0 Å². The molecule has 1 aliphatic rings. The highest BCUT2D eigenvalue weighted by Gasteiger charge is 2.21. The van der Waals surface area contributed by atoms with Gasteiger partial charge >= 0.3 is 0 Å². The summed E-state index contributed by atoms with van der Waals surface area (Å²) in [5.41, 5.74) is 2.05. The van der Waals surface area contributed by atoms with Crippen molar-refractivity contribution in [2.24, 2.45) is 5.16 Å². The van der Waals surface area contributed by atoms with E-state index in [1.54, 1.807) is 12.1 Å². The number of amides is 1. The van der Waals surface area contributed by atoms with E-state index in [1.807, 2.05) is 42.2 Å². The van der Waals surface area contributed by atoms with Gasteiger partial charge in [0.25, 0.3) is 11.6 Å². The molecule has 9 nitrogen and oxygen atoms in total. The molecule has 0 unspecified atom stereocenters. The second-order valence-electron chi connectivity index (χ2n) is 6.81. The number of nitrogens with one attached hydrogen (secondary N) is 1. The van der Waals surface area contributed by atoms with E-state index < -0.39 is 4.92 Å². The van der Waals surface area contributed by atoms with Crippen LogP contribution in [-0.2, 0) is 14.4 Å². The van der Waals surface area contributed by atoms with Gasteiger partial charge in [-0.05, 0) is 18.6 Å². The summed E-state index contributed by atoms with van der Waals surface area (Å²) in [6.07, 6.45) is 1.35. The maximum Gasteiger partial charge on any atom is 0.293 e. The van der Waals surface area contributed by atoms with Crippen LogP contribution in [0.15, 0.2) is 53.7 Å². The van der Waals surface area contributed by atoms with Gasteiger partial charge < -0.3 is 19.8 Å². The number of benzene rings is 2. The number of oxime groups is 1. The van der Waals surface area contributed by atoms with Crippen molar-refractivity contribution in [3.63, 3.8) is 0 Å². The molecule has 158 valence electrons. The molecular formula is C21H24N4O5. The van der Waals surface area contributed by atoms with Gasteiger partial charge in [-0.1, -0.05) is 41.6 Å². The van der Waals surface area contributed by atoms with E-state index in [0.29, 0.717) is 37.6 Å². The number of ether oxygens (including phenoxy) is 1. The minimum Gasteiger partial charge on any atom is -0.386 e. The molecule has 1 N–H and O–H groups in total. The van der Waals surface area contributed by atoms with Gasteiger partial charge in [0, 0.05) is 24.7 Å². The minimum absolute atomic E-state index is 0.00437. The summed E-state index contributed by atoms with van der Waals surface area (Å²) in [4.78, 5) is 30.0. The van der Waals surface area contributed by atoms with Crippen molar-refractivity contribution in [1.82, 2.24) is 5.32 Å². The molecule has 1 amide bonds. The zero-order valence-corrected chi connectivity index (χ0v) is 16.7. The van der Waals surface area contributed by atoms with Crippen LogP contribution >= 0.6 is 0 Å². The van der Waals surface area contributed by atoms with Crippen LogP contribution in [0.3, 0.4) is 0 Å². The highest BCUT2D eigenvalue weighted by molar-refractivity contribution is 5.83. The molecule has 3 rings (SSSR count). The molecule has 1 heterocycles. The zero-order valence-electron chi connectivity index (χ0n) is 16.7. The Bertz CT molecular complexity index is 898. The van der Waals surface area contributed by atoms with E-state index in [1.165, 1.54) is 12.3 Å². The number of nitro groups is 1. The number of hydrogen-bond donors (Lipinski definition) is 1. The monoisotopic (exact) mass is 412 g/mol. The first kappa shape index (κ1) is 21.3. The van der Waals surface area contributed by atoms with Crippen LogP contribution < -0.4 is 10.2 Å². The van der Waals surface area contributed by atoms with Gasteiger partial charge in [0.2, 0.25) is 0 Å². The molecular weight excluding hydrogens is 388 g/mol. The molecule has 9 heteroatoms. The quantitative estimate of drug-likeness (QED) is 0.406. The van der Waals surface area contributed by atoms with Crippen molar-refractivity contribution < 1.29 is 19.3 Å². The second kappa shape index (κ2) is 10.4. The fraction of sp³-hybridized carbons (Fsp3) is 0.333. The van der Waals surface area contributed by atoms with Crippen LogP contribution in [-0.4, -0.2) is 50.0 Å².